The molecule has 1 aromatic heterocycles. The SMILES string of the molecule is O=C1CC=CC=C1c1c(C(=O)NS(=O)(=O)c2ccccc2)n(Cc2ccc(F)cc2F)c2ccc(OC(F)(F)F)cc12. The van der Waals surface area contributed by atoms with E-state index < -0.39 is 57.7 Å². The van der Waals surface area contributed by atoms with E-state index in [1.807, 2.05) is 4.72 Å². The van der Waals surface area contributed by atoms with Gasteiger partial charge in [-0.1, -0.05) is 42.5 Å². The first kappa shape index (κ1) is 28.7. The fourth-order valence-corrected chi connectivity index (χ4v) is 5.59. The summed E-state index contributed by atoms with van der Waals surface area (Å²) in [5.41, 5.74) is -0.803. The number of ketones is 1. The smallest absolute Gasteiger partial charge is 0.406 e. The van der Waals surface area contributed by atoms with Crippen LogP contribution in [0.3, 0.4) is 0 Å². The topological polar surface area (TPSA) is 94.5 Å². The van der Waals surface area contributed by atoms with Crippen molar-refractivity contribution in [2.75, 3.05) is 0 Å². The monoisotopic (exact) mass is 602 g/mol. The first-order valence-corrected chi connectivity index (χ1v) is 13.7. The minimum absolute atomic E-state index is 0.0498. The summed E-state index contributed by atoms with van der Waals surface area (Å²) < 4.78 is 101. The van der Waals surface area contributed by atoms with Gasteiger partial charge in [0.2, 0.25) is 0 Å². The van der Waals surface area contributed by atoms with Crippen LogP contribution in [0.5, 0.6) is 5.75 Å². The Balaban J connectivity index is 1.78. The maximum atomic E-state index is 14.8. The van der Waals surface area contributed by atoms with Gasteiger partial charge in [-0.25, -0.2) is 21.9 Å². The van der Waals surface area contributed by atoms with Crippen molar-refractivity contribution in [3.8, 4) is 5.75 Å². The molecule has 0 fully saturated rings. The molecule has 1 aliphatic rings. The quantitative estimate of drug-likeness (QED) is 0.266. The number of halogens is 5. The van der Waals surface area contributed by atoms with Crippen molar-refractivity contribution >= 4 is 38.2 Å². The highest BCUT2D eigenvalue weighted by molar-refractivity contribution is 7.90. The second kappa shape index (κ2) is 10.9. The summed E-state index contributed by atoms with van der Waals surface area (Å²) in [5, 5.41) is -0.0728. The third-order valence-corrected chi connectivity index (χ3v) is 7.73. The number of hydrogen-bond donors (Lipinski definition) is 1. The molecule has 0 unspecified atom stereocenters. The number of alkyl halides is 3. The van der Waals surface area contributed by atoms with E-state index in [0.29, 0.717) is 6.07 Å². The van der Waals surface area contributed by atoms with Crippen LogP contribution in [-0.2, 0) is 21.4 Å². The molecular formula is C29H19F5N2O5S. The zero-order valence-electron chi connectivity index (χ0n) is 21.3. The number of carbonyl (C=O) groups excluding carboxylic acids is 2. The predicted molar refractivity (Wildman–Crippen MR) is 142 cm³/mol. The second-order valence-electron chi connectivity index (χ2n) is 9.16. The number of amides is 1. The molecule has 0 saturated heterocycles. The summed E-state index contributed by atoms with van der Waals surface area (Å²) in [6.45, 7) is -0.479. The van der Waals surface area contributed by atoms with Crippen LogP contribution in [0, 0.1) is 11.6 Å². The third-order valence-electron chi connectivity index (χ3n) is 6.38. The van der Waals surface area contributed by atoms with Gasteiger partial charge in [-0.2, -0.15) is 0 Å². The van der Waals surface area contributed by atoms with Crippen LogP contribution < -0.4 is 9.46 Å². The largest absolute Gasteiger partial charge is 0.573 e. The molecular weight excluding hydrogens is 583 g/mol. The molecule has 1 N–H and O–H groups in total. The number of allylic oxidation sites excluding steroid dienone is 4. The van der Waals surface area contributed by atoms with E-state index in [0.717, 1.165) is 34.9 Å². The highest BCUT2D eigenvalue weighted by Gasteiger charge is 2.34. The molecule has 1 aliphatic carbocycles. The van der Waals surface area contributed by atoms with Crippen molar-refractivity contribution in [3.05, 3.63) is 113 Å². The van der Waals surface area contributed by atoms with E-state index in [4.69, 9.17) is 0 Å². The molecule has 3 aromatic carbocycles. The lowest BCUT2D eigenvalue weighted by molar-refractivity contribution is -0.274. The van der Waals surface area contributed by atoms with Gasteiger partial charge in [0.25, 0.3) is 15.9 Å². The van der Waals surface area contributed by atoms with E-state index in [9.17, 15) is 40.0 Å². The van der Waals surface area contributed by atoms with Crippen LogP contribution in [0.15, 0.2) is 89.9 Å². The summed E-state index contributed by atoms with van der Waals surface area (Å²) in [6, 6.07) is 12.6. The van der Waals surface area contributed by atoms with Crippen LogP contribution in [0.1, 0.15) is 28.0 Å². The van der Waals surface area contributed by atoms with Gasteiger partial charge in [0.15, 0.2) is 5.78 Å². The molecule has 0 atom stereocenters. The van der Waals surface area contributed by atoms with Gasteiger partial charge >= 0.3 is 6.36 Å². The number of nitrogens with one attached hydrogen (secondary N) is 1. The molecule has 13 heteroatoms. The van der Waals surface area contributed by atoms with Crippen molar-refractivity contribution in [3.63, 3.8) is 0 Å². The van der Waals surface area contributed by atoms with E-state index in [1.54, 1.807) is 6.07 Å². The van der Waals surface area contributed by atoms with Crippen molar-refractivity contribution in [2.45, 2.75) is 24.2 Å². The van der Waals surface area contributed by atoms with E-state index >= 15 is 0 Å². The van der Waals surface area contributed by atoms with Crippen LogP contribution in [0.4, 0.5) is 22.0 Å². The minimum atomic E-state index is -5.07. The first-order chi connectivity index (χ1) is 19.8. The van der Waals surface area contributed by atoms with E-state index in [-0.39, 0.29) is 38.9 Å². The Morgan fingerprint density at radius 2 is 1.74 bits per heavy atom. The van der Waals surface area contributed by atoms with Crippen molar-refractivity contribution < 1.29 is 44.7 Å². The Morgan fingerprint density at radius 1 is 1.00 bits per heavy atom. The Morgan fingerprint density at radius 3 is 2.40 bits per heavy atom. The molecule has 4 aromatic rings. The number of ether oxygens (including phenoxy) is 1. The Kier molecular flexibility index (Phi) is 7.45. The summed E-state index contributed by atoms with van der Waals surface area (Å²) in [4.78, 5) is 26.5. The molecule has 1 amide bonds. The molecule has 42 heavy (non-hydrogen) atoms. The fourth-order valence-electron chi connectivity index (χ4n) is 4.62. The maximum Gasteiger partial charge on any atom is 0.573 e. The highest BCUT2D eigenvalue weighted by Crippen LogP contribution is 2.38. The average molecular weight is 603 g/mol. The molecule has 0 bridgehead atoms. The van der Waals surface area contributed by atoms with Gasteiger partial charge in [-0.05, 0) is 36.4 Å². The number of Topliss-reactive ketones (excluding diaryl/α,β-unsaturated/α-hetero) is 1. The van der Waals surface area contributed by atoms with Crippen molar-refractivity contribution in [2.24, 2.45) is 0 Å². The first-order valence-electron chi connectivity index (χ1n) is 12.2. The Labute approximate surface area is 235 Å². The zero-order chi connectivity index (χ0) is 30.2. The van der Waals surface area contributed by atoms with Crippen molar-refractivity contribution in [1.29, 1.82) is 0 Å². The van der Waals surface area contributed by atoms with Crippen molar-refractivity contribution in [1.82, 2.24) is 9.29 Å². The lowest BCUT2D eigenvalue weighted by Crippen LogP contribution is -2.33. The normalized spacial score (nSPS) is 13.7. The predicted octanol–water partition coefficient (Wildman–Crippen LogP) is 5.90. The fraction of sp³-hybridized carbons (Fsp3) is 0.103. The molecule has 1 heterocycles. The van der Waals surface area contributed by atoms with Crippen LogP contribution in [0.25, 0.3) is 16.5 Å². The summed E-state index contributed by atoms with van der Waals surface area (Å²) in [6.07, 6.45) is -0.814. The van der Waals surface area contributed by atoms with Gasteiger partial charge in [0, 0.05) is 40.1 Å². The number of benzene rings is 3. The summed E-state index contributed by atoms with van der Waals surface area (Å²) in [5.74, 6) is -4.29. The molecule has 7 nitrogen and oxygen atoms in total. The molecule has 0 radical (unpaired) electrons. The highest BCUT2D eigenvalue weighted by atomic mass is 32.2. The van der Waals surface area contributed by atoms with Crippen LogP contribution >= 0.6 is 0 Å². The minimum Gasteiger partial charge on any atom is -0.406 e. The number of aromatic nitrogens is 1. The Bertz CT molecular complexity index is 1890. The van der Waals surface area contributed by atoms with Gasteiger partial charge in [0.1, 0.15) is 23.1 Å². The second-order valence-corrected chi connectivity index (χ2v) is 10.8. The van der Waals surface area contributed by atoms with Gasteiger partial charge in [0.05, 0.1) is 11.4 Å². The number of hydrogen-bond acceptors (Lipinski definition) is 5. The molecule has 0 saturated carbocycles. The standard InChI is InChI=1S/C29H19F5N2O5S/c30-18-11-10-17(23(31)14-18)16-36-24-13-12-19(41-29(32,33)34)15-22(24)26(21-8-4-5-9-25(21)37)27(36)28(38)35-42(39,40)20-6-2-1-3-7-20/h1-8,10-15H,9,16H2,(H,35,38). The van der Waals surface area contributed by atoms with Crippen LogP contribution in [-0.4, -0.2) is 31.0 Å². The van der Waals surface area contributed by atoms with Gasteiger partial charge in [-0.3, -0.25) is 9.59 Å². The summed E-state index contributed by atoms with van der Waals surface area (Å²) in [7, 11) is -4.47. The zero-order valence-corrected chi connectivity index (χ0v) is 22.1. The van der Waals surface area contributed by atoms with E-state index in [1.165, 1.54) is 42.5 Å². The number of fused-ring (bicyclic) bond motifs is 1. The number of rotatable bonds is 7. The molecule has 0 spiro atoms. The third kappa shape index (κ3) is 5.81. The number of nitrogens with zero attached hydrogens (tertiary/aromatic N) is 1. The van der Waals surface area contributed by atoms with Crippen LogP contribution in [0.2, 0.25) is 0 Å². The molecule has 5 rings (SSSR count). The number of sulfonamides is 1. The Hall–Kier alpha value is -4.78. The molecule has 0 aliphatic heterocycles. The number of carbonyl (C=O) groups is 2. The van der Waals surface area contributed by atoms with Gasteiger partial charge < -0.3 is 9.30 Å². The molecule has 216 valence electrons. The lowest BCUT2D eigenvalue weighted by atomic mass is 9.93. The maximum absolute atomic E-state index is 14.8. The average Bonchev–Trinajstić information content (AvgIpc) is 3.23. The lowest BCUT2D eigenvalue weighted by Gasteiger charge is -2.15. The summed E-state index contributed by atoms with van der Waals surface area (Å²) >= 11 is 0. The van der Waals surface area contributed by atoms with E-state index in [2.05, 4.69) is 4.74 Å². The van der Waals surface area contributed by atoms with Gasteiger partial charge in [-0.15, -0.1) is 13.2 Å².